The number of nitrogens with zero attached hydrogens (tertiary/aromatic N) is 3. The molecule has 5 nitrogen and oxygen atoms in total. The van der Waals surface area contributed by atoms with Crippen LogP contribution < -0.4 is 4.90 Å². The van der Waals surface area contributed by atoms with Gasteiger partial charge in [-0.15, -0.1) is 0 Å². The molecule has 2 aromatic rings. The van der Waals surface area contributed by atoms with Crippen LogP contribution in [-0.2, 0) is 0 Å². The minimum absolute atomic E-state index is 0.220. The molecule has 2 aromatic heterocycles. The zero-order chi connectivity index (χ0) is 16.1. The molecule has 2 atom stereocenters. The smallest absolute Gasteiger partial charge is 0.132 e. The van der Waals surface area contributed by atoms with Gasteiger partial charge < -0.3 is 14.4 Å². The van der Waals surface area contributed by atoms with Gasteiger partial charge in [0.1, 0.15) is 23.8 Å². The summed E-state index contributed by atoms with van der Waals surface area (Å²) in [4.78, 5) is 6.70. The highest BCUT2D eigenvalue weighted by Gasteiger charge is 2.26. The molecular weight excluding hydrogens is 290 g/mol. The van der Waals surface area contributed by atoms with Crippen molar-refractivity contribution in [2.24, 2.45) is 0 Å². The Hall–Kier alpha value is -2.32. The van der Waals surface area contributed by atoms with Crippen LogP contribution in [0, 0.1) is 11.3 Å². The Labute approximate surface area is 136 Å². The van der Waals surface area contributed by atoms with E-state index in [1.165, 1.54) is 6.42 Å². The standard InChI is InChI=1S/C18H21N3O2/c19-12-14-7-8-18(20-13-14)21-9-3-1-2-5-15(21)11-16(22)17-6-4-10-23-17/h4,6-8,10,13,15-16,22H,1-3,5,9,11H2/t15-,16+/m1/s1. The third-order valence-corrected chi connectivity index (χ3v) is 4.42. The Morgan fingerprint density at radius 2 is 2.26 bits per heavy atom. The molecule has 0 saturated carbocycles. The molecule has 23 heavy (non-hydrogen) atoms. The summed E-state index contributed by atoms with van der Waals surface area (Å²) in [5, 5.41) is 19.3. The van der Waals surface area contributed by atoms with Gasteiger partial charge in [0, 0.05) is 25.2 Å². The van der Waals surface area contributed by atoms with Gasteiger partial charge in [-0.3, -0.25) is 0 Å². The van der Waals surface area contributed by atoms with E-state index in [9.17, 15) is 5.11 Å². The topological polar surface area (TPSA) is 73.3 Å². The highest BCUT2D eigenvalue weighted by atomic mass is 16.4. The number of furan rings is 1. The molecule has 0 bridgehead atoms. The third-order valence-electron chi connectivity index (χ3n) is 4.42. The maximum atomic E-state index is 10.4. The molecule has 0 amide bonds. The van der Waals surface area contributed by atoms with Crippen molar-refractivity contribution in [3.8, 4) is 6.07 Å². The van der Waals surface area contributed by atoms with E-state index in [0.717, 1.165) is 31.6 Å². The maximum Gasteiger partial charge on any atom is 0.132 e. The van der Waals surface area contributed by atoms with E-state index in [1.54, 1.807) is 24.6 Å². The molecule has 1 fully saturated rings. The minimum Gasteiger partial charge on any atom is -0.467 e. The first-order valence-electron chi connectivity index (χ1n) is 8.12. The number of rotatable bonds is 4. The predicted octanol–water partition coefficient (Wildman–Crippen LogP) is 3.42. The lowest BCUT2D eigenvalue weighted by Gasteiger charge is -2.32. The largest absolute Gasteiger partial charge is 0.467 e. The van der Waals surface area contributed by atoms with Gasteiger partial charge in [0.25, 0.3) is 0 Å². The van der Waals surface area contributed by atoms with Crippen LogP contribution in [0.3, 0.4) is 0 Å². The molecule has 0 aromatic carbocycles. The van der Waals surface area contributed by atoms with E-state index >= 15 is 0 Å². The first-order valence-corrected chi connectivity index (χ1v) is 8.12. The van der Waals surface area contributed by atoms with Gasteiger partial charge in [0.05, 0.1) is 11.8 Å². The normalized spacial score (nSPS) is 19.8. The summed E-state index contributed by atoms with van der Waals surface area (Å²) >= 11 is 0. The Kier molecular flexibility index (Phi) is 4.94. The van der Waals surface area contributed by atoms with Gasteiger partial charge in [0.2, 0.25) is 0 Å². The summed E-state index contributed by atoms with van der Waals surface area (Å²) < 4.78 is 5.32. The number of aliphatic hydroxyl groups excluding tert-OH is 1. The lowest BCUT2D eigenvalue weighted by molar-refractivity contribution is 0.129. The maximum absolute atomic E-state index is 10.4. The molecule has 120 valence electrons. The van der Waals surface area contributed by atoms with Crippen LogP contribution in [0.5, 0.6) is 0 Å². The number of anilines is 1. The monoisotopic (exact) mass is 311 g/mol. The highest BCUT2D eigenvalue weighted by molar-refractivity contribution is 5.43. The van der Waals surface area contributed by atoms with Crippen molar-refractivity contribution < 1.29 is 9.52 Å². The van der Waals surface area contributed by atoms with Gasteiger partial charge in [-0.05, 0) is 37.1 Å². The highest BCUT2D eigenvalue weighted by Crippen LogP contribution is 2.29. The summed E-state index contributed by atoms with van der Waals surface area (Å²) in [6.45, 7) is 0.925. The summed E-state index contributed by atoms with van der Waals surface area (Å²) in [6.07, 6.45) is 7.71. The Morgan fingerprint density at radius 1 is 1.35 bits per heavy atom. The van der Waals surface area contributed by atoms with Crippen LogP contribution in [0.2, 0.25) is 0 Å². The SMILES string of the molecule is N#Cc1ccc(N2CCCCC[C@@H]2C[C@H](O)c2ccco2)nc1. The fourth-order valence-corrected chi connectivity index (χ4v) is 3.20. The lowest BCUT2D eigenvalue weighted by atomic mass is 10.0. The average molecular weight is 311 g/mol. The van der Waals surface area contributed by atoms with Gasteiger partial charge in [-0.25, -0.2) is 4.98 Å². The van der Waals surface area contributed by atoms with E-state index in [-0.39, 0.29) is 6.04 Å². The molecule has 0 spiro atoms. The second-order valence-electron chi connectivity index (χ2n) is 5.98. The summed E-state index contributed by atoms with van der Waals surface area (Å²) in [7, 11) is 0. The van der Waals surface area contributed by atoms with Crippen molar-refractivity contribution >= 4 is 5.82 Å². The summed E-state index contributed by atoms with van der Waals surface area (Å²) in [5.41, 5.74) is 0.566. The van der Waals surface area contributed by atoms with Gasteiger partial charge >= 0.3 is 0 Å². The van der Waals surface area contributed by atoms with E-state index in [0.29, 0.717) is 17.7 Å². The van der Waals surface area contributed by atoms with E-state index in [2.05, 4.69) is 16.0 Å². The van der Waals surface area contributed by atoms with E-state index in [1.807, 2.05) is 12.1 Å². The molecule has 1 aliphatic heterocycles. The Morgan fingerprint density at radius 3 is 2.96 bits per heavy atom. The minimum atomic E-state index is -0.603. The third kappa shape index (κ3) is 3.72. The van der Waals surface area contributed by atoms with Crippen LogP contribution in [-0.4, -0.2) is 22.7 Å². The van der Waals surface area contributed by atoms with Gasteiger partial charge in [0.15, 0.2) is 0 Å². The van der Waals surface area contributed by atoms with Crippen molar-refractivity contribution in [1.29, 1.82) is 5.26 Å². The van der Waals surface area contributed by atoms with Crippen molar-refractivity contribution in [2.45, 2.75) is 44.2 Å². The fraction of sp³-hybridized carbons (Fsp3) is 0.444. The number of pyridine rings is 1. The zero-order valence-electron chi connectivity index (χ0n) is 13.1. The molecular formula is C18H21N3O2. The van der Waals surface area contributed by atoms with Crippen LogP contribution >= 0.6 is 0 Å². The Balaban J connectivity index is 1.78. The second kappa shape index (κ2) is 7.30. The molecule has 0 aliphatic carbocycles. The number of aliphatic hydroxyl groups is 1. The zero-order valence-corrected chi connectivity index (χ0v) is 13.1. The second-order valence-corrected chi connectivity index (χ2v) is 5.98. The van der Waals surface area contributed by atoms with Crippen molar-refractivity contribution in [2.75, 3.05) is 11.4 Å². The molecule has 5 heteroatoms. The fourth-order valence-electron chi connectivity index (χ4n) is 3.20. The summed E-state index contributed by atoms with van der Waals surface area (Å²) in [6, 6.07) is 9.62. The van der Waals surface area contributed by atoms with Crippen LogP contribution in [0.25, 0.3) is 0 Å². The first kappa shape index (κ1) is 15.6. The first-order chi connectivity index (χ1) is 11.3. The van der Waals surface area contributed by atoms with Gasteiger partial charge in [-0.1, -0.05) is 12.8 Å². The van der Waals surface area contributed by atoms with E-state index in [4.69, 9.17) is 9.68 Å². The molecule has 0 radical (unpaired) electrons. The molecule has 0 unspecified atom stereocenters. The number of aromatic nitrogens is 1. The number of hydrogen-bond donors (Lipinski definition) is 1. The van der Waals surface area contributed by atoms with Crippen molar-refractivity contribution in [1.82, 2.24) is 4.98 Å². The summed E-state index contributed by atoms with van der Waals surface area (Å²) in [5.74, 6) is 1.49. The van der Waals surface area contributed by atoms with E-state index < -0.39 is 6.10 Å². The predicted molar refractivity (Wildman–Crippen MR) is 86.8 cm³/mol. The molecule has 1 saturated heterocycles. The Bertz CT molecular complexity index is 646. The number of hydrogen-bond acceptors (Lipinski definition) is 5. The number of nitriles is 1. The molecule has 1 aliphatic rings. The van der Waals surface area contributed by atoms with Crippen LogP contribution in [0.4, 0.5) is 5.82 Å². The van der Waals surface area contributed by atoms with Crippen molar-refractivity contribution in [3.05, 3.63) is 48.0 Å². The molecule has 3 heterocycles. The van der Waals surface area contributed by atoms with Gasteiger partial charge in [-0.2, -0.15) is 5.26 Å². The van der Waals surface area contributed by atoms with Crippen LogP contribution in [0.15, 0.2) is 41.1 Å². The molecule has 1 N–H and O–H groups in total. The lowest BCUT2D eigenvalue weighted by Crippen LogP contribution is -2.36. The average Bonchev–Trinajstić information content (AvgIpc) is 3.03. The molecule has 3 rings (SSSR count). The quantitative estimate of drug-likeness (QED) is 0.936. The van der Waals surface area contributed by atoms with Crippen molar-refractivity contribution in [3.63, 3.8) is 0 Å². The van der Waals surface area contributed by atoms with Crippen LogP contribution in [0.1, 0.15) is 49.5 Å².